The van der Waals surface area contributed by atoms with Crippen molar-refractivity contribution in [1.29, 1.82) is 0 Å². The molecule has 7 atom stereocenters. The van der Waals surface area contributed by atoms with Crippen LogP contribution in [0.3, 0.4) is 0 Å². The highest BCUT2D eigenvalue weighted by Gasteiger charge is 2.55. The van der Waals surface area contributed by atoms with Gasteiger partial charge >= 0.3 is 0 Å². The van der Waals surface area contributed by atoms with Crippen LogP contribution in [0.5, 0.6) is 0 Å². The highest BCUT2D eigenvalue weighted by Crippen LogP contribution is 2.61. The van der Waals surface area contributed by atoms with Gasteiger partial charge in [0.1, 0.15) is 0 Å². The van der Waals surface area contributed by atoms with Crippen molar-refractivity contribution in [2.45, 2.75) is 57.8 Å². The summed E-state index contributed by atoms with van der Waals surface area (Å²) in [4.78, 5) is 0. The van der Waals surface area contributed by atoms with Gasteiger partial charge in [-0.15, -0.1) is 0 Å². The molecule has 0 aromatic carbocycles. The Balaban J connectivity index is 1.84. The van der Waals surface area contributed by atoms with E-state index in [2.05, 4.69) is 19.9 Å². The summed E-state index contributed by atoms with van der Waals surface area (Å²) < 4.78 is 0. The third kappa shape index (κ3) is 1.73. The van der Waals surface area contributed by atoms with Crippen LogP contribution in [-0.2, 0) is 0 Å². The van der Waals surface area contributed by atoms with Gasteiger partial charge in [0.2, 0.25) is 0 Å². The highest BCUT2D eigenvalue weighted by atomic mass is 16.3. The minimum absolute atomic E-state index is 0.0174. The SMILES string of the molecule is C[C@]12CC[C@H]3C(=C1C=C[C@@H]2O)[C@@H](O)CC1C[C@@H](O)C=C[C@@]13C. The molecule has 4 aliphatic carbocycles. The fraction of sp³-hybridized carbons (Fsp3) is 0.684. The second-order valence-electron chi connectivity index (χ2n) is 8.16. The van der Waals surface area contributed by atoms with Crippen molar-refractivity contribution >= 4 is 0 Å². The van der Waals surface area contributed by atoms with E-state index in [0.29, 0.717) is 18.3 Å². The standard InChI is InChI=1S/C19H26O3/c1-18-7-5-12(20)9-11(18)10-15(21)17-13-3-4-16(22)19(13,2)8-6-14(17)18/h3-5,7,11-12,14-16,20-22H,6,8-10H2,1-2H3/t11?,12-,14-,15-,16-,18-,19-/m0/s1. The summed E-state index contributed by atoms with van der Waals surface area (Å²) in [5.74, 6) is 0.652. The molecule has 0 bridgehead atoms. The summed E-state index contributed by atoms with van der Waals surface area (Å²) in [6.07, 6.45) is 10.2. The summed E-state index contributed by atoms with van der Waals surface area (Å²) in [6, 6.07) is 0. The maximum atomic E-state index is 10.8. The van der Waals surface area contributed by atoms with Crippen LogP contribution in [0.25, 0.3) is 0 Å². The van der Waals surface area contributed by atoms with E-state index in [-0.39, 0.29) is 16.9 Å². The molecule has 4 aliphatic rings. The van der Waals surface area contributed by atoms with Crippen molar-refractivity contribution in [3.63, 3.8) is 0 Å². The summed E-state index contributed by atoms with van der Waals surface area (Å²) in [6.45, 7) is 4.41. The first-order valence-electron chi connectivity index (χ1n) is 8.52. The molecule has 0 aromatic rings. The van der Waals surface area contributed by atoms with Crippen LogP contribution >= 0.6 is 0 Å². The van der Waals surface area contributed by atoms with Gasteiger partial charge in [0, 0.05) is 5.41 Å². The normalized spacial score (nSPS) is 53.2. The molecular weight excluding hydrogens is 276 g/mol. The van der Waals surface area contributed by atoms with Crippen molar-refractivity contribution in [2.24, 2.45) is 22.7 Å². The van der Waals surface area contributed by atoms with Crippen molar-refractivity contribution in [3.8, 4) is 0 Å². The Labute approximate surface area is 132 Å². The van der Waals surface area contributed by atoms with Gasteiger partial charge in [-0.2, -0.15) is 0 Å². The lowest BCUT2D eigenvalue weighted by Crippen LogP contribution is -2.50. The van der Waals surface area contributed by atoms with Crippen LogP contribution in [0.1, 0.15) is 39.5 Å². The van der Waals surface area contributed by atoms with Crippen molar-refractivity contribution in [1.82, 2.24) is 0 Å². The monoisotopic (exact) mass is 302 g/mol. The van der Waals surface area contributed by atoms with E-state index in [1.165, 1.54) is 5.57 Å². The first-order valence-corrected chi connectivity index (χ1v) is 8.52. The van der Waals surface area contributed by atoms with Gasteiger partial charge in [-0.05, 0) is 54.1 Å². The van der Waals surface area contributed by atoms with Crippen molar-refractivity contribution in [2.75, 3.05) is 0 Å². The van der Waals surface area contributed by atoms with E-state index in [1.807, 2.05) is 18.2 Å². The van der Waals surface area contributed by atoms with E-state index in [1.54, 1.807) is 0 Å². The molecule has 0 heterocycles. The Kier molecular flexibility index (Phi) is 3.04. The maximum absolute atomic E-state index is 10.8. The predicted octanol–water partition coefficient (Wildman–Crippen LogP) is 2.34. The molecule has 0 amide bonds. The molecule has 0 saturated heterocycles. The lowest BCUT2D eigenvalue weighted by atomic mass is 9.50. The van der Waals surface area contributed by atoms with Gasteiger partial charge in [-0.1, -0.05) is 38.2 Å². The molecule has 1 fully saturated rings. The number of aliphatic hydroxyl groups is 3. The lowest BCUT2D eigenvalue weighted by molar-refractivity contribution is -0.00806. The highest BCUT2D eigenvalue weighted by molar-refractivity contribution is 5.46. The average Bonchev–Trinajstić information content (AvgIpc) is 2.77. The van der Waals surface area contributed by atoms with E-state index in [9.17, 15) is 15.3 Å². The van der Waals surface area contributed by atoms with Gasteiger partial charge in [0.05, 0.1) is 18.3 Å². The van der Waals surface area contributed by atoms with Gasteiger partial charge in [0.15, 0.2) is 0 Å². The number of fused-ring (bicyclic) bond motifs is 4. The molecule has 4 rings (SSSR count). The van der Waals surface area contributed by atoms with E-state index in [4.69, 9.17) is 0 Å². The molecule has 3 heteroatoms. The second-order valence-corrected chi connectivity index (χ2v) is 8.16. The third-order valence-electron chi connectivity index (χ3n) is 7.05. The molecule has 0 radical (unpaired) electrons. The quantitative estimate of drug-likeness (QED) is 0.602. The minimum Gasteiger partial charge on any atom is -0.389 e. The largest absolute Gasteiger partial charge is 0.389 e. The topological polar surface area (TPSA) is 60.7 Å². The Morgan fingerprint density at radius 3 is 2.64 bits per heavy atom. The summed E-state index contributed by atoms with van der Waals surface area (Å²) in [5.41, 5.74) is 2.11. The summed E-state index contributed by atoms with van der Waals surface area (Å²) >= 11 is 0. The first-order chi connectivity index (χ1) is 10.4. The van der Waals surface area contributed by atoms with Crippen LogP contribution in [0.4, 0.5) is 0 Å². The molecule has 22 heavy (non-hydrogen) atoms. The Hall–Kier alpha value is -0.900. The molecular formula is C19H26O3. The number of hydrogen-bond donors (Lipinski definition) is 3. The zero-order valence-corrected chi connectivity index (χ0v) is 13.4. The van der Waals surface area contributed by atoms with Crippen LogP contribution in [0.2, 0.25) is 0 Å². The van der Waals surface area contributed by atoms with E-state index >= 15 is 0 Å². The maximum Gasteiger partial charge on any atom is 0.0817 e. The molecule has 0 aromatic heterocycles. The van der Waals surface area contributed by atoms with Crippen LogP contribution in [0.15, 0.2) is 35.5 Å². The molecule has 1 saturated carbocycles. The summed E-state index contributed by atoms with van der Waals surface area (Å²) in [7, 11) is 0. The number of aliphatic hydroxyl groups excluding tert-OH is 3. The molecule has 3 nitrogen and oxygen atoms in total. The van der Waals surface area contributed by atoms with Crippen LogP contribution in [0, 0.1) is 22.7 Å². The fourth-order valence-electron chi connectivity index (χ4n) is 5.53. The molecule has 120 valence electrons. The smallest absolute Gasteiger partial charge is 0.0817 e. The first kappa shape index (κ1) is 14.7. The zero-order valence-electron chi connectivity index (χ0n) is 13.4. The zero-order chi connectivity index (χ0) is 15.7. The van der Waals surface area contributed by atoms with Crippen molar-refractivity contribution in [3.05, 3.63) is 35.5 Å². The Morgan fingerprint density at radius 2 is 1.86 bits per heavy atom. The number of allylic oxidation sites excluding steroid dienone is 2. The average molecular weight is 302 g/mol. The molecule has 3 N–H and O–H groups in total. The lowest BCUT2D eigenvalue weighted by Gasteiger charge is -2.55. The van der Waals surface area contributed by atoms with Gasteiger partial charge in [-0.3, -0.25) is 0 Å². The Morgan fingerprint density at radius 1 is 1.09 bits per heavy atom. The number of rotatable bonds is 0. The van der Waals surface area contributed by atoms with Crippen LogP contribution < -0.4 is 0 Å². The molecule has 0 spiro atoms. The van der Waals surface area contributed by atoms with Crippen molar-refractivity contribution < 1.29 is 15.3 Å². The van der Waals surface area contributed by atoms with Gasteiger partial charge in [-0.25, -0.2) is 0 Å². The molecule has 0 aliphatic heterocycles. The second kappa shape index (κ2) is 4.56. The van der Waals surface area contributed by atoms with E-state index < -0.39 is 12.2 Å². The molecule has 1 unspecified atom stereocenters. The minimum atomic E-state index is -0.439. The predicted molar refractivity (Wildman–Crippen MR) is 85.0 cm³/mol. The van der Waals surface area contributed by atoms with Crippen LogP contribution in [-0.4, -0.2) is 33.6 Å². The van der Waals surface area contributed by atoms with E-state index in [0.717, 1.165) is 24.8 Å². The van der Waals surface area contributed by atoms with Gasteiger partial charge in [0.25, 0.3) is 0 Å². The summed E-state index contributed by atoms with van der Waals surface area (Å²) in [5, 5.41) is 31.1. The Bertz CT molecular complexity index is 589. The van der Waals surface area contributed by atoms with Gasteiger partial charge < -0.3 is 15.3 Å². The fourth-order valence-corrected chi connectivity index (χ4v) is 5.53. The third-order valence-corrected chi connectivity index (χ3v) is 7.05. The number of hydrogen-bond acceptors (Lipinski definition) is 3.